The minimum absolute atomic E-state index is 0.562. The van der Waals surface area contributed by atoms with Crippen LogP contribution in [0.5, 0.6) is 5.75 Å². The van der Waals surface area contributed by atoms with Crippen LogP contribution in [0, 0.1) is 0 Å². The van der Waals surface area contributed by atoms with Crippen LogP contribution in [-0.4, -0.2) is 19.9 Å². The van der Waals surface area contributed by atoms with Crippen molar-refractivity contribution in [3.8, 4) is 5.75 Å². The van der Waals surface area contributed by atoms with Crippen molar-refractivity contribution in [1.29, 1.82) is 0 Å². The molecule has 70 valence electrons. The summed E-state index contributed by atoms with van der Waals surface area (Å²) < 4.78 is 5.01. The normalized spacial score (nSPS) is 10.6. The molecule has 0 saturated heterocycles. The van der Waals surface area contributed by atoms with Gasteiger partial charge in [-0.3, -0.25) is 16.3 Å². The van der Waals surface area contributed by atoms with Crippen LogP contribution >= 0.6 is 0 Å². The molecule has 0 fully saturated rings. The average Bonchev–Trinajstić information content (AvgIpc) is 2.19. The van der Waals surface area contributed by atoms with Gasteiger partial charge in [0.05, 0.1) is 12.8 Å². The van der Waals surface area contributed by atoms with E-state index in [0.29, 0.717) is 6.54 Å². The molecule has 1 aromatic rings. The Balaban J connectivity index is 2.58. The topological polar surface area (TPSA) is 59.6 Å². The summed E-state index contributed by atoms with van der Waals surface area (Å²) in [6, 6.07) is 7.49. The van der Waals surface area contributed by atoms with Gasteiger partial charge in [0.1, 0.15) is 5.75 Å². The predicted octanol–water partition coefficient (Wildman–Crippen LogP) is 0.861. The van der Waals surface area contributed by atoms with E-state index in [4.69, 9.17) is 10.6 Å². The summed E-state index contributed by atoms with van der Waals surface area (Å²) in [4.78, 5) is 4.15. The molecule has 1 aromatic carbocycles. The van der Waals surface area contributed by atoms with Gasteiger partial charge in [-0.15, -0.1) is 0 Å². The van der Waals surface area contributed by atoms with Crippen LogP contribution in [0.2, 0.25) is 0 Å². The van der Waals surface area contributed by atoms with Crippen molar-refractivity contribution in [2.24, 2.45) is 10.8 Å². The van der Waals surface area contributed by atoms with Gasteiger partial charge < -0.3 is 4.74 Å². The number of hydrogen-bond acceptors (Lipinski definition) is 4. The van der Waals surface area contributed by atoms with Crippen LogP contribution < -0.4 is 16.0 Å². The summed E-state index contributed by atoms with van der Waals surface area (Å²) in [5.74, 6) is 5.91. The van der Waals surface area contributed by atoms with Gasteiger partial charge in [0.25, 0.3) is 0 Å². The van der Waals surface area contributed by atoms with Crippen LogP contribution in [-0.2, 0) is 0 Å². The minimum atomic E-state index is 0.562. The number of benzene rings is 1. The highest BCUT2D eigenvalue weighted by Gasteiger charge is 1.89. The van der Waals surface area contributed by atoms with E-state index in [1.807, 2.05) is 24.3 Å². The summed E-state index contributed by atoms with van der Waals surface area (Å²) in [6.45, 7) is 0.562. The van der Waals surface area contributed by atoms with E-state index in [-0.39, 0.29) is 0 Å². The molecule has 0 aliphatic rings. The van der Waals surface area contributed by atoms with E-state index >= 15 is 0 Å². The average molecular weight is 179 g/mol. The second kappa shape index (κ2) is 5.29. The molecule has 4 heteroatoms. The summed E-state index contributed by atoms with van der Waals surface area (Å²) in [5.41, 5.74) is 3.37. The fourth-order valence-electron chi connectivity index (χ4n) is 0.872. The zero-order chi connectivity index (χ0) is 9.52. The molecule has 0 unspecified atom stereocenters. The summed E-state index contributed by atoms with van der Waals surface area (Å²) in [7, 11) is 1.64. The standard InChI is InChI=1S/C9H13N3O/c1-13-9-4-2-8(3-5-9)11-6-7-12-10/h2-6,12H,7,10H2,1H3/b11-6+. The van der Waals surface area contributed by atoms with Crippen LogP contribution in [0.15, 0.2) is 29.3 Å². The third-order valence-electron chi connectivity index (χ3n) is 1.52. The summed E-state index contributed by atoms with van der Waals surface area (Å²) in [6.07, 6.45) is 1.71. The Kier molecular flexibility index (Phi) is 3.95. The number of hydrogen-bond donors (Lipinski definition) is 2. The molecule has 4 nitrogen and oxygen atoms in total. The van der Waals surface area contributed by atoms with Gasteiger partial charge >= 0.3 is 0 Å². The van der Waals surface area contributed by atoms with E-state index in [1.54, 1.807) is 13.3 Å². The Morgan fingerprint density at radius 2 is 2.15 bits per heavy atom. The molecular weight excluding hydrogens is 166 g/mol. The van der Waals surface area contributed by atoms with E-state index in [2.05, 4.69) is 10.4 Å². The van der Waals surface area contributed by atoms with E-state index in [9.17, 15) is 0 Å². The van der Waals surface area contributed by atoms with Crippen molar-refractivity contribution in [3.05, 3.63) is 24.3 Å². The van der Waals surface area contributed by atoms with E-state index in [0.717, 1.165) is 11.4 Å². The third-order valence-corrected chi connectivity index (χ3v) is 1.52. The zero-order valence-corrected chi connectivity index (χ0v) is 7.53. The molecular formula is C9H13N3O. The molecule has 0 bridgehead atoms. The fourth-order valence-corrected chi connectivity index (χ4v) is 0.872. The first-order valence-corrected chi connectivity index (χ1v) is 3.97. The van der Waals surface area contributed by atoms with Crippen molar-refractivity contribution in [1.82, 2.24) is 5.43 Å². The van der Waals surface area contributed by atoms with Crippen molar-refractivity contribution >= 4 is 11.9 Å². The number of nitrogens with one attached hydrogen (secondary N) is 1. The molecule has 0 atom stereocenters. The van der Waals surface area contributed by atoms with Crippen LogP contribution in [0.25, 0.3) is 0 Å². The number of rotatable bonds is 4. The molecule has 0 aliphatic heterocycles. The number of methoxy groups -OCH3 is 1. The maximum absolute atomic E-state index is 5.08. The van der Waals surface area contributed by atoms with Gasteiger partial charge in [0, 0.05) is 12.8 Å². The molecule has 1 rings (SSSR count). The smallest absolute Gasteiger partial charge is 0.119 e. The maximum atomic E-state index is 5.08. The molecule has 3 N–H and O–H groups in total. The first-order valence-electron chi connectivity index (χ1n) is 3.97. The SMILES string of the molecule is COc1ccc(/N=C/CNN)cc1. The van der Waals surface area contributed by atoms with Crippen molar-refractivity contribution in [3.63, 3.8) is 0 Å². The molecule has 0 spiro atoms. The van der Waals surface area contributed by atoms with Crippen molar-refractivity contribution in [2.45, 2.75) is 0 Å². The monoisotopic (exact) mass is 179 g/mol. The second-order valence-corrected chi connectivity index (χ2v) is 2.42. The van der Waals surface area contributed by atoms with Crippen LogP contribution in [0.3, 0.4) is 0 Å². The Morgan fingerprint density at radius 1 is 1.46 bits per heavy atom. The van der Waals surface area contributed by atoms with Gasteiger partial charge in [0.2, 0.25) is 0 Å². The Morgan fingerprint density at radius 3 is 2.69 bits per heavy atom. The highest BCUT2D eigenvalue weighted by atomic mass is 16.5. The highest BCUT2D eigenvalue weighted by Crippen LogP contribution is 2.16. The number of aliphatic imine (C=N–C) groups is 1. The van der Waals surface area contributed by atoms with Gasteiger partial charge in [-0.25, -0.2) is 0 Å². The third kappa shape index (κ3) is 3.23. The second-order valence-electron chi connectivity index (χ2n) is 2.42. The largest absolute Gasteiger partial charge is 0.497 e. The van der Waals surface area contributed by atoms with Gasteiger partial charge in [-0.1, -0.05) is 0 Å². The number of nitrogens with two attached hydrogens (primary N) is 1. The Bertz CT molecular complexity index is 269. The quantitative estimate of drug-likeness (QED) is 0.409. The molecule has 0 aromatic heterocycles. The van der Waals surface area contributed by atoms with Crippen molar-refractivity contribution < 1.29 is 4.74 Å². The zero-order valence-electron chi connectivity index (χ0n) is 7.53. The first kappa shape index (κ1) is 9.70. The molecule has 0 amide bonds. The summed E-state index contributed by atoms with van der Waals surface area (Å²) in [5, 5.41) is 0. The van der Waals surface area contributed by atoms with Gasteiger partial charge in [-0.05, 0) is 24.3 Å². The lowest BCUT2D eigenvalue weighted by atomic mass is 10.3. The molecule has 0 heterocycles. The lowest BCUT2D eigenvalue weighted by molar-refractivity contribution is 0.415. The number of ether oxygens (including phenoxy) is 1. The lowest BCUT2D eigenvalue weighted by Crippen LogP contribution is -2.23. The molecule has 0 aliphatic carbocycles. The molecule has 13 heavy (non-hydrogen) atoms. The van der Waals surface area contributed by atoms with E-state index < -0.39 is 0 Å². The molecule has 0 radical (unpaired) electrons. The van der Waals surface area contributed by atoms with Crippen LogP contribution in [0.1, 0.15) is 0 Å². The maximum Gasteiger partial charge on any atom is 0.119 e. The Labute approximate surface area is 77.4 Å². The van der Waals surface area contributed by atoms with E-state index in [1.165, 1.54) is 0 Å². The van der Waals surface area contributed by atoms with Gasteiger partial charge in [0.15, 0.2) is 0 Å². The number of nitrogens with zero attached hydrogens (tertiary/aromatic N) is 1. The fraction of sp³-hybridized carbons (Fsp3) is 0.222. The minimum Gasteiger partial charge on any atom is -0.497 e. The van der Waals surface area contributed by atoms with Crippen LogP contribution in [0.4, 0.5) is 5.69 Å². The summed E-state index contributed by atoms with van der Waals surface area (Å²) >= 11 is 0. The number of hydrazine groups is 1. The van der Waals surface area contributed by atoms with Crippen molar-refractivity contribution in [2.75, 3.05) is 13.7 Å². The molecule has 0 saturated carbocycles. The Hall–Kier alpha value is -1.39. The lowest BCUT2D eigenvalue weighted by Gasteiger charge is -1.98. The highest BCUT2D eigenvalue weighted by molar-refractivity contribution is 5.65. The first-order chi connectivity index (χ1) is 6.36. The van der Waals surface area contributed by atoms with Gasteiger partial charge in [-0.2, -0.15) is 0 Å². The predicted molar refractivity (Wildman–Crippen MR) is 53.3 cm³/mol.